The molecule has 0 aliphatic heterocycles. The Morgan fingerprint density at radius 2 is 2.00 bits per heavy atom. The Morgan fingerprint density at radius 1 is 1.19 bits per heavy atom. The first-order valence-electron chi connectivity index (χ1n) is 6.21. The van der Waals surface area contributed by atoms with Crippen molar-refractivity contribution >= 4 is 5.97 Å². The van der Waals surface area contributed by atoms with Crippen LogP contribution in [-0.2, 0) is 16.1 Å². The second-order valence-corrected chi connectivity index (χ2v) is 4.19. The molecule has 0 spiro atoms. The standard InChI is InChI=1S/C16H12FNO3/c17-14-6-1-2-7-15(14)20-11-16(19)21-10-13-5-3-4-12(8-13)9-18/h1-8H,10-11H2. The van der Waals surface area contributed by atoms with Crippen LogP contribution in [-0.4, -0.2) is 12.6 Å². The van der Waals surface area contributed by atoms with Gasteiger partial charge in [0.15, 0.2) is 18.2 Å². The molecular weight excluding hydrogens is 273 g/mol. The van der Waals surface area contributed by atoms with Crippen molar-refractivity contribution in [2.75, 3.05) is 6.61 Å². The van der Waals surface area contributed by atoms with Crippen LogP contribution in [0.4, 0.5) is 4.39 Å². The van der Waals surface area contributed by atoms with Crippen LogP contribution in [0.25, 0.3) is 0 Å². The van der Waals surface area contributed by atoms with Crippen molar-refractivity contribution in [2.24, 2.45) is 0 Å². The maximum atomic E-state index is 13.3. The maximum Gasteiger partial charge on any atom is 0.344 e. The van der Waals surface area contributed by atoms with Crippen LogP contribution in [0, 0.1) is 17.1 Å². The molecule has 0 aliphatic rings. The Hall–Kier alpha value is -2.87. The normalized spacial score (nSPS) is 9.71. The van der Waals surface area contributed by atoms with Crippen molar-refractivity contribution in [3.05, 3.63) is 65.5 Å². The first-order chi connectivity index (χ1) is 10.2. The van der Waals surface area contributed by atoms with Gasteiger partial charge in [0.1, 0.15) is 6.61 Å². The van der Waals surface area contributed by atoms with Crippen molar-refractivity contribution in [2.45, 2.75) is 6.61 Å². The Labute approximate surface area is 121 Å². The average Bonchev–Trinajstić information content (AvgIpc) is 2.52. The number of halogens is 1. The fourth-order valence-electron chi connectivity index (χ4n) is 1.63. The molecule has 0 radical (unpaired) electrons. The molecule has 106 valence electrons. The first-order valence-corrected chi connectivity index (χ1v) is 6.21. The van der Waals surface area contributed by atoms with Gasteiger partial charge in [0.05, 0.1) is 11.6 Å². The molecule has 2 aromatic carbocycles. The summed E-state index contributed by atoms with van der Waals surface area (Å²) in [6.45, 7) is -0.339. The van der Waals surface area contributed by atoms with E-state index in [0.29, 0.717) is 11.1 Å². The molecule has 0 aliphatic carbocycles. The van der Waals surface area contributed by atoms with Gasteiger partial charge >= 0.3 is 5.97 Å². The van der Waals surface area contributed by atoms with Crippen LogP contribution in [0.2, 0.25) is 0 Å². The summed E-state index contributed by atoms with van der Waals surface area (Å²) in [5.41, 5.74) is 1.19. The summed E-state index contributed by atoms with van der Waals surface area (Å²) in [4.78, 5) is 11.5. The molecule has 0 heterocycles. The van der Waals surface area contributed by atoms with Gasteiger partial charge in [0.2, 0.25) is 0 Å². The predicted octanol–water partition coefficient (Wildman–Crippen LogP) is 2.82. The lowest BCUT2D eigenvalue weighted by atomic mass is 10.1. The van der Waals surface area contributed by atoms with Crippen molar-refractivity contribution in [3.63, 3.8) is 0 Å². The summed E-state index contributed by atoms with van der Waals surface area (Å²) in [6, 6.07) is 14.6. The van der Waals surface area contributed by atoms with Gasteiger partial charge in [0.25, 0.3) is 0 Å². The summed E-state index contributed by atoms with van der Waals surface area (Å²) < 4.78 is 23.3. The molecule has 0 saturated carbocycles. The van der Waals surface area contributed by atoms with E-state index >= 15 is 0 Å². The van der Waals surface area contributed by atoms with Gasteiger partial charge in [-0.15, -0.1) is 0 Å². The number of benzene rings is 2. The van der Waals surface area contributed by atoms with Crippen LogP contribution in [0.3, 0.4) is 0 Å². The zero-order valence-electron chi connectivity index (χ0n) is 11.1. The molecule has 0 atom stereocenters. The lowest BCUT2D eigenvalue weighted by molar-refractivity contribution is -0.147. The Morgan fingerprint density at radius 3 is 2.76 bits per heavy atom. The summed E-state index contributed by atoms with van der Waals surface area (Å²) in [5, 5.41) is 8.76. The van der Waals surface area contributed by atoms with Gasteiger partial charge in [-0.3, -0.25) is 0 Å². The highest BCUT2D eigenvalue weighted by Gasteiger charge is 2.07. The van der Waals surface area contributed by atoms with Gasteiger partial charge in [-0.05, 0) is 29.8 Å². The number of nitrogens with zero attached hydrogens (tertiary/aromatic N) is 1. The number of hydrogen-bond donors (Lipinski definition) is 0. The lowest BCUT2D eigenvalue weighted by Gasteiger charge is -2.07. The van der Waals surface area contributed by atoms with Crippen molar-refractivity contribution < 1.29 is 18.7 Å². The van der Waals surface area contributed by atoms with Gasteiger partial charge in [-0.1, -0.05) is 24.3 Å². The molecule has 21 heavy (non-hydrogen) atoms. The monoisotopic (exact) mass is 285 g/mol. The number of carbonyl (C=O) groups excluding carboxylic acids is 1. The molecular formula is C16H12FNO3. The fourth-order valence-corrected chi connectivity index (χ4v) is 1.63. The number of nitriles is 1. The molecule has 5 heteroatoms. The fraction of sp³-hybridized carbons (Fsp3) is 0.125. The molecule has 0 N–H and O–H groups in total. The van der Waals surface area contributed by atoms with Crippen LogP contribution in [0.1, 0.15) is 11.1 Å². The second-order valence-electron chi connectivity index (χ2n) is 4.19. The molecule has 0 aromatic heterocycles. The zero-order chi connectivity index (χ0) is 15.1. The van der Waals surface area contributed by atoms with Gasteiger partial charge in [-0.2, -0.15) is 5.26 Å². The van der Waals surface area contributed by atoms with Gasteiger partial charge in [-0.25, -0.2) is 9.18 Å². The van der Waals surface area contributed by atoms with E-state index in [9.17, 15) is 9.18 Å². The first kappa shape index (κ1) is 14.5. The number of carbonyl (C=O) groups is 1. The highest BCUT2D eigenvalue weighted by Crippen LogP contribution is 2.15. The minimum absolute atomic E-state index is 0.000859. The van der Waals surface area contributed by atoms with Crippen LogP contribution in [0.15, 0.2) is 48.5 Å². The second kappa shape index (κ2) is 7.06. The van der Waals surface area contributed by atoms with Crippen LogP contribution >= 0.6 is 0 Å². The quantitative estimate of drug-likeness (QED) is 0.793. The highest BCUT2D eigenvalue weighted by molar-refractivity contribution is 5.71. The van der Waals surface area contributed by atoms with E-state index in [2.05, 4.69) is 0 Å². The molecule has 0 saturated heterocycles. The highest BCUT2D eigenvalue weighted by atomic mass is 19.1. The molecule has 0 bridgehead atoms. The zero-order valence-corrected chi connectivity index (χ0v) is 11.1. The molecule has 2 aromatic rings. The summed E-state index contributed by atoms with van der Waals surface area (Å²) in [5.74, 6) is -1.14. The largest absolute Gasteiger partial charge is 0.479 e. The van der Waals surface area contributed by atoms with Crippen LogP contribution < -0.4 is 4.74 Å². The van der Waals surface area contributed by atoms with E-state index in [1.165, 1.54) is 18.2 Å². The van der Waals surface area contributed by atoms with E-state index in [-0.39, 0.29) is 19.0 Å². The summed E-state index contributed by atoms with van der Waals surface area (Å²) >= 11 is 0. The minimum atomic E-state index is -0.611. The van der Waals surface area contributed by atoms with E-state index in [4.69, 9.17) is 14.7 Å². The van der Waals surface area contributed by atoms with E-state index in [0.717, 1.165) is 0 Å². The Bertz CT molecular complexity index is 679. The van der Waals surface area contributed by atoms with Crippen molar-refractivity contribution in [1.29, 1.82) is 5.26 Å². The topological polar surface area (TPSA) is 59.3 Å². The average molecular weight is 285 g/mol. The summed E-state index contributed by atoms with van der Waals surface area (Å²) in [7, 11) is 0. The van der Waals surface area contributed by atoms with Crippen molar-refractivity contribution in [3.8, 4) is 11.8 Å². The number of ether oxygens (including phenoxy) is 2. The van der Waals surface area contributed by atoms with Gasteiger partial charge in [0, 0.05) is 0 Å². The third-order valence-electron chi connectivity index (χ3n) is 2.64. The van der Waals surface area contributed by atoms with E-state index < -0.39 is 11.8 Å². The smallest absolute Gasteiger partial charge is 0.344 e. The SMILES string of the molecule is N#Cc1cccc(COC(=O)COc2ccccc2F)c1. The van der Waals surface area contributed by atoms with Crippen LogP contribution in [0.5, 0.6) is 5.75 Å². The number of hydrogen-bond acceptors (Lipinski definition) is 4. The predicted molar refractivity (Wildman–Crippen MR) is 72.8 cm³/mol. The molecule has 0 unspecified atom stereocenters. The number of para-hydroxylation sites is 1. The molecule has 0 amide bonds. The summed E-state index contributed by atoms with van der Waals surface area (Å²) in [6.07, 6.45) is 0. The molecule has 4 nitrogen and oxygen atoms in total. The third kappa shape index (κ3) is 4.32. The van der Waals surface area contributed by atoms with E-state index in [1.807, 2.05) is 6.07 Å². The van der Waals surface area contributed by atoms with E-state index in [1.54, 1.807) is 30.3 Å². The third-order valence-corrected chi connectivity index (χ3v) is 2.64. The number of esters is 1. The molecule has 2 rings (SSSR count). The minimum Gasteiger partial charge on any atom is -0.479 e. The Balaban J connectivity index is 1.82. The lowest BCUT2D eigenvalue weighted by Crippen LogP contribution is -2.15. The van der Waals surface area contributed by atoms with Gasteiger partial charge < -0.3 is 9.47 Å². The number of rotatable bonds is 5. The maximum absolute atomic E-state index is 13.3. The van der Waals surface area contributed by atoms with Crippen molar-refractivity contribution in [1.82, 2.24) is 0 Å². The molecule has 0 fully saturated rings. The Kier molecular flexibility index (Phi) is 4.89.